The van der Waals surface area contributed by atoms with Crippen LogP contribution in [0.25, 0.3) is 0 Å². The second-order valence-corrected chi connectivity index (χ2v) is 10.0. The SMILES string of the molecule is COc1ccc(CCNC(=O)[C@@]2(Cc3ccccc3Br)COC(c3ccc(OCCCO)cc3)=N2)cc1OC. The Morgan fingerprint density at radius 2 is 1.85 bits per heavy atom. The van der Waals surface area contributed by atoms with Crippen molar-refractivity contribution in [1.29, 1.82) is 0 Å². The number of hydrogen-bond acceptors (Lipinski definition) is 7. The summed E-state index contributed by atoms with van der Waals surface area (Å²) in [6.45, 7) is 1.07. The highest BCUT2D eigenvalue weighted by atomic mass is 79.9. The van der Waals surface area contributed by atoms with Gasteiger partial charge in [0.25, 0.3) is 5.91 Å². The Morgan fingerprint density at radius 1 is 1.08 bits per heavy atom. The Morgan fingerprint density at radius 3 is 2.56 bits per heavy atom. The zero-order valence-corrected chi connectivity index (χ0v) is 23.7. The van der Waals surface area contributed by atoms with Crippen molar-refractivity contribution in [3.8, 4) is 17.2 Å². The molecule has 206 valence electrons. The zero-order valence-electron chi connectivity index (χ0n) is 22.1. The Bertz CT molecular complexity index is 1300. The van der Waals surface area contributed by atoms with Gasteiger partial charge >= 0.3 is 0 Å². The standard InChI is InChI=1S/C30H33BrN2O6/c1-36-26-13-8-21(18-27(26)37-2)14-15-32-29(35)30(19-23-6-3-4-7-25(23)31)20-39-28(33-30)22-9-11-24(12-10-22)38-17-5-16-34/h3-4,6-13,18,34H,5,14-17,19-20H2,1-2H3,(H,32,35)/t30-/m1/s1. The summed E-state index contributed by atoms with van der Waals surface area (Å²) in [5, 5.41) is 12.0. The molecule has 1 amide bonds. The monoisotopic (exact) mass is 596 g/mol. The maximum Gasteiger partial charge on any atom is 0.251 e. The molecule has 0 aromatic heterocycles. The highest BCUT2D eigenvalue weighted by Crippen LogP contribution is 2.31. The van der Waals surface area contributed by atoms with Crippen molar-refractivity contribution in [3.05, 3.63) is 87.9 Å². The smallest absolute Gasteiger partial charge is 0.251 e. The highest BCUT2D eigenvalue weighted by molar-refractivity contribution is 9.10. The predicted octanol–water partition coefficient (Wildman–Crippen LogP) is 4.34. The maximum atomic E-state index is 13.7. The number of carbonyl (C=O) groups excluding carboxylic acids is 1. The van der Waals surface area contributed by atoms with Crippen LogP contribution < -0.4 is 19.5 Å². The van der Waals surface area contributed by atoms with E-state index >= 15 is 0 Å². The third-order valence-electron chi connectivity index (χ3n) is 6.45. The van der Waals surface area contributed by atoms with E-state index in [2.05, 4.69) is 21.2 Å². The van der Waals surface area contributed by atoms with Gasteiger partial charge in [0.2, 0.25) is 5.90 Å². The number of aliphatic imine (C=N–C) groups is 1. The summed E-state index contributed by atoms with van der Waals surface area (Å²) in [7, 11) is 3.20. The first kappa shape index (κ1) is 28.4. The molecule has 39 heavy (non-hydrogen) atoms. The van der Waals surface area contributed by atoms with Crippen molar-refractivity contribution in [2.24, 2.45) is 4.99 Å². The van der Waals surface area contributed by atoms with Gasteiger partial charge in [0.15, 0.2) is 17.0 Å². The number of carbonyl (C=O) groups is 1. The average molecular weight is 598 g/mol. The molecular weight excluding hydrogens is 564 g/mol. The molecule has 8 nitrogen and oxygen atoms in total. The van der Waals surface area contributed by atoms with Gasteiger partial charge in [-0.2, -0.15) is 0 Å². The Kier molecular flexibility index (Phi) is 9.84. The van der Waals surface area contributed by atoms with E-state index in [-0.39, 0.29) is 19.1 Å². The number of rotatable bonds is 13. The van der Waals surface area contributed by atoms with E-state index < -0.39 is 5.54 Å². The van der Waals surface area contributed by atoms with E-state index in [4.69, 9.17) is 29.0 Å². The number of aliphatic hydroxyl groups excluding tert-OH is 1. The van der Waals surface area contributed by atoms with Crippen LogP contribution in [-0.4, -0.2) is 63.0 Å². The quantitative estimate of drug-likeness (QED) is 0.285. The number of amides is 1. The van der Waals surface area contributed by atoms with Gasteiger partial charge in [-0.05, 0) is 60.0 Å². The second kappa shape index (κ2) is 13.5. The highest BCUT2D eigenvalue weighted by Gasteiger charge is 2.44. The molecule has 1 atom stereocenters. The summed E-state index contributed by atoms with van der Waals surface area (Å²) >= 11 is 3.61. The summed E-state index contributed by atoms with van der Waals surface area (Å²) in [6.07, 6.45) is 1.56. The van der Waals surface area contributed by atoms with Crippen molar-refractivity contribution >= 4 is 27.7 Å². The fourth-order valence-corrected chi connectivity index (χ4v) is 4.73. The van der Waals surface area contributed by atoms with Gasteiger partial charge in [0, 0.05) is 36.0 Å². The number of aliphatic hydroxyl groups is 1. The number of nitrogens with one attached hydrogen (secondary N) is 1. The molecule has 0 spiro atoms. The largest absolute Gasteiger partial charge is 0.494 e. The number of ether oxygens (including phenoxy) is 4. The van der Waals surface area contributed by atoms with Crippen LogP contribution in [0.5, 0.6) is 17.2 Å². The molecule has 0 bridgehead atoms. The minimum absolute atomic E-state index is 0.0820. The van der Waals surface area contributed by atoms with Gasteiger partial charge < -0.3 is 29.4 Å². The normalized spacial score (nSPS) is 16.3. The van der Waals surface area contributed by atoms with E-state index in [0.717, 1.165) is 21.2 Å². The summed E-state index contributed by atoms with van der Waals surface area (Å²) in [5.74, 6) is 2.22. The lowest BCUT2D eigenvalue weighted by molar-refractivity contribution is -0.126. The van der Waals surface area contributed by atoms with Crippen molar-refractivity contribution in [1.82, 2.24) is 5.32 Å². The van der Waals surface area contributed by atoms with Gasteiger partial charge in [-0.25, -0.2) is 4.99 Å². The molecule has 3 aromatic rings. The fraction of sp³-hybridized carbons (Fsp3) is 0.333. The Hall–Kier alpha value is -3.56. The van der Waals surface area contributed by atoms with Gasteiger partial charge in [0.1, 0.15) is 12.4 Å². The first-order chi connectivity index (χ1) is 19.0. The van der Waals surface area contributed by atoms with Crippen molar-refractivity contribution in [2.75, 3.05) is 40.6 Å². The van der Waals surface area contributed by atoms with Gasteiger partial charge in [-0.1, -0.05) is 40.2 Å². The summed E-state index contributed by atoms with van der Waals surface area (Å²) in [4.78, 5) is 18.5. The van der Waals surface area contributed by atoms with Crippen molar-refractivity contribution in [3.63, 3.8) is 0 Å². The molecule has 1 aliphatic heterocycles. The molecule has 0 aliphatic carbocycles. The van der Waals surface area contributed by atoms with E-state index in [1.54, 1.807) is 14.2 Å². The van der Waals surface area contributed by atoms with Crippen LogP contribution in [-0.2, 0) is 22.4 Å². The molecule has 1 aliphatic rings. The van der Waals surface area contributed by atoms with Crippen LogP contribution in [0.15, 0.2) is 76.2 Å². The molecular formula is C30H33BrN2O6. The molecule has 0 unspecified atom stereocenters. The van der Waals surface area contributed by atoms with Crippen LogP contribution in [0.1, 0.15) is 23.1 Å². The lowest BCUT2D eigenvalue weighted by Crippen LogP contribution is -2.49. The van der Waals surface area contributed by atoms with Gasteiger partial charge in [-0.15, -0.1) is 0 Å². The first-order valence-electron chi connectivity index (χ1n) is 12.8. The van der Waals surface area contributed by atoms with E-state index in [0.29, 0.717) is 55.6 Å². The van der Waals surface area contributed by atoms with Crippen molar-refractivity contribution in [2.45, 2.75) is 24.8 Å². The lowest BCUT2D eigenvalue weighted by Gasteiger charge is -2.24. The molecule has 1 heterocycles. The van der Waals surface area contributed by atoms with Crippen LogP contribution in [0.2, 0.25) is 0 Å². The van der Waals surface area contributed by atoms with Crippen LogP contribution in [0.3, 0.4) is 0 Å². The molecule has 0 radical (unpaired) electrons. The van der Waals surface area contributed by atoms with Crippen LogP contribution in [0, 0.1) is 0 Å². The van der Waals surface area contributed by atoms with Crippen molar-refractivity contribution < 1.29 is 28.8 Å². The molecule has 0 fully saturated rings. The molecule has 4 rings (SSSR count). The lowest BCUT2D eigenvalue weighted by atomic mass is 9.91. The van der Waals surface area contributed by atoms with Gasteiger partial charge in [-0.3, -0.25) is 4.79 Å². The molecule has 0 saturated heterocycles. The topological polar surface area (TPSA) is 98.6 Å². The molecule has 3 aromatic carbocycles. The summed E-state index contributed by atoms with van der Waals surface area (Å²) in [5.41, 5.74) is 1.62. The fourth-order valence-electron chi connectivity index (χ4n) is 4.31. The average Bonchev–Trinajstić information content (AvgIpc) is 3.40. The molecule has 9 heteroatoms. The number of methoxy groups -OCH3 is 2. The first-order valence-corrected chi connectivity index (χ1v) is 13.6. The number of hydrogen-bond donors (Lipinski definition) is 2. The van der Waals surface area contributed by atoms with Crippen LogP contribution >= 0.6 is 15.9 Å². The van der Waals surface area contributed by atoms with Crippen LogP contribution in [0.4, 0.5) is 0 Å². The minimum atomic E-state index is -1.12. The summed E-state index contributed by atoms with van der Waals surface area (Å²) < 4.78 is 23.3. The third-order valence-corrected chi connectivity index (χ3v) is 7.22. The minimum Gasteiger partial charge on any atom is -0.494 e. The van der Waals surface area contributed by atoms with E-state index in [1.807, 2.05) is 66.7 Å². The Labute approximate surface area is 237 Å². The summed E-state index contributed by atoms with van der Waals surface area (Å²) in [6, 6.07) is 20.9. The molecule has 0 saturated carbocycles. The number of nitrogens with zero attached hydrogens (tertiary/aromatic N) is 1. The predicted molar refractivity (Wildman–Crippen MR) is 153 cm³/mol. The van der Waals surface area contributed by atoms with E-state index in [1.165, 1.54) is 0 Å². The number of halogens is 1. The molecule has 2 N–H and O–H groups in total. The zero-order chi connectivity index (χ0) is 27.7. The van der Waals surface area contributed by atoms with Gasteiger partial charge in [0.05, 0.1) is 20.8 Å². The maximum absolute atomic E-state index is 13.7. The second-order valence-electron chi connectivity index (χ2n) is 9.15. The third kappa shape index (κ3) is 7.10. The Balaban J connectivity index is 1.51. The number of benzene rings is 3. The van der Waals surface area contributed by atoms with E-state index in [9.17, 15) is 4.79 Å².